The zero-order valence-corrected chi connectivity index (χ0v) is 14.2. The van der Waals surface area contributed by atoms with Gasteiger partial charge in [0.2, 0.25) is 5.91 Å². The molecule has 6 heteroatoms. The van der Waals surface area contributed by atoms with Crippen molar-refractivity contribution in [2.45, 2.75) is 12.6 Å². The van der Waals surface area contributed by atoms with Crippen LogP contribution in [0, 0.1) is 0 Å². The Kier molecular flexibility index (Phi) is 5.05. The number of para-hydroxylation sites is 1. The second-order valence-electron chi connectivity index (χ2n) is 5.63. The first-order valence-corrected chi connectivity index (χ1v) is 9.41. The van der Waals surface area contributed by atoms with E-state index in [1.807, 2.05) is 54.6 Å². The Bertz CT molecular complexity index is 861. The third kappa shape index (κ3) is 3.89. The van der Waals surface area contributed by atoms with E-state index in [0.717, 1.165) is 16.5 Å². The van der Waals surface area contributed by atoms with Crippen LogP contribution in [-0.4, -0.2) is 31.9 Å². The van der Waals surface area contributed by atoms with E-state index < -0.39 is 10.8 Å². The monoisotopic (exact) mass is 341 g/mol. The van der Waals surface area contributed by atoms with Crippen LogP contribution in [0.15, 0.2) is 60.8 Å². The Morgan fingerprint density at radius 1 is 1.17 bits per heavy atom. The number of benzene rings is 2. The smallest absolute Gasteiger partial charge is 0.242 e. The van der Waals surface area contributed by atoms with Crippen molar-refractivity contribution in [3.8, 4) is 0 Å². The molecule has 0 aliphatic heterocycles. The van der Waals surface area contributed by atoms with Gasteiger partial charge in [0.1, 0.15) is 6.54 Å². The molecule has 0 spiro atoms. The molecule has 0 fully saturated rings. The summed E-state index contributed by atoms with van der Waals surface area (Å²) in [5.74, 6) is 0.235. The van der Waals surface area contributed by atoms with Gasteiger partial charge in [-0.1, -0.05) is 48.5 Å². The minimum Gasteiger partial charge on any atom is -0.347 e. The van der Waals surface area contributed by atoms with Gasteiger partial charge in [-0.05, 0) is 11.6 Å². The molecular formula is C18H19N3O2S. The Morgan fingerprint density at radius 2 is 1.88 bits per heavy atom. The van der Waals surface area contributed by atoms with Gasteiger partial charge in [0.05, 0.1) is 17.8 Å². The van der Waals surface area contributed by atoms with Gasteiger partial charge in [-0.2, -0.15) is 5.10 Å². The molecule has 124 valence electrons. The second-order valence-corrected chi connectivity index (χ2v) is 7.11. The van der Waals surface area contributed by atoms with Crippen LogP contribution in [0.3, 0.4) is 0 Å². The summed E-state index contributed by atoms with van der Waals surface area (Å²) in [5.41, 5.74) is 1.87. The molecular weight excluding hydrogens is 322 g/mol. The summed E-state index contributed by atoms with van der Waals surface area (Å²) in [7, 11) is -1.01. The molecule has 0 saturated carbocycles. The number of hydrogen-bond acceptors (Lipinski definition) is 3. The maximum atomic E-state index is 12.4. The van der Waals surface area contributed by atoms with Gasteiger partial charge >= 0.3 is 0 Å². The van der Waals surface area contributed by atoms with Crippen LogP contribution in [0.4, 0.5) is 0 Å². The number of amides is 1. The SMILES string of the molecule is CS(=O)CC(NC(=O)Cn1ncc2ccccc21)c1ccccc1. The average Bonchev–Trinajstić information content (AvgIpc) is 2.98. The number of carbonyl (C=O) groups is 1. The highest BCUT2D eigenvalue weighted by atomic mass is 32.2. The fraction of sp³-hybridized carbons (Fsp3) is 0.222. The van der Waals surface area contributed by atoms with Gasteiger partial charge in [0, 0.05) is 28.2 Å². The highest BCUT2D eigenvalue weighted by Crippen LogP contribution is 2.15. The molecule has 2 aromatic carbocycles. The van der Waals surface area contributed by atoms with Crippen LogP contribution >= 0.6 is 0 Å². The lowest BCUT2D eigenvalue weighted by molar-refractivity contribution is -0.122. The first-order chi connectivity index (χ1) is 11.6. The third-order valence-electron chi connectivity index (χ3n) is 3.78. The summed E-state index contributed by atoms with van der Waals surface area (Å²) in [6.45, 7) is 0.132. The van der Waals surface area contributed by atoms with Crippen molar-refractivity contribution in [2.24, 2.45) is 0 Å². The molecule has 0 radical (unpaired) electrons. The van der Waals surface area contributed by atoms with E-state index >= 15 is 0 Å². The number of carbonyl (C=O) groups excluding carboxylic acids is 1. The maximum Gasteiger partial charge on any atom is 0.242 e. The van der Waals surface area contributed by atoms with E-state index in [2.05, 4.69) is 10.4 Å². The van der Waals surface area contributed by atoms with Gasteiger partial charge in [-0.25, -0.2) is 0 Å². The molecule has 0 bridgehead atoms. The van der Waals surface area contributed by atoms with E-state index in [1.54, 1.807) is 17.1 Å². The molecule has 1 N–H and O–H groups in total. The number of aromatic nitrogens is 2. The lowest BCUT2D eigenvalue weighted by Crippen LogP contribution is -2.34. The lowest BCUT2D eigenvalue weighted by atomic mass is 10.1. The number of rotatable bonds is 6. The largest absolute Gasteiger partial charge is 0.347 e. The maximum absolute atomic E-state index is 12.4. The van der Waals surface area contributed by atoms with Crippen molar-refractivity contribution in [1.82, 2.24) is 15.1 Å². The summed E-state index contributed by atoms with van der Waals surface area (Å²) in [4.78, 5) is 12.4. The summed E-state index contributed by atoms with van der Waals surface area (Å²) >= 11 is 0. The fourth-order valence-corrected chi connectivity index (χ4v) is 3.41. The molecule has 5 nitrogen and oxygen atoms in total. The van der Waals surface area contributed by atoms with Crippen molar-refractivity contribution in [3.05, 3.63) is 66.4 Å². The van der Waals surface area contributed by atoms with Crippen molar-refractivity contribution in [1.29, 1.82) is 0 Å². The first-order valence-electron chi connectivity index (χ1n) is 7.68. The Hall–Kier alpha value is -2.47. The second kappa shape index (κ2) is 7.40. The Labute approximate surface area is 143 Å². The van der Waals surface area contributed by atoms with Gasteiger partial charge in [-0.3, -0.25) is 13.7 Å². The molecule has 2 atom stereocenters. The predicted octanol–water partition coefficient (Wildman–Crippen LogP) is 2.27. The topological polar surface area (TPSA) is 64.0 Å². The Morgan fingerprint density at radius 3 is 2.62 bits per heavy atom. The van der Waals surface area contributed by atoms with E-state index in [-0.39, 0.29) is 18.5 Å². The van der Waals surface area contributed by atoms with Crippen LogP contribution in [-0.2, 0) is 22.1 Å². The van der Waals surface area contributed by atoms with Crippen molar-refractivity contribution in [2.75, 3.05) is 12.0 Å². The highest BCUT2D eigenvalue weighted by Gasteiger charge is 2.17. The van der Waals surface area contributed by atoms with E-state index in [9.17, 15) is 9.00 Å². The van der Waals surface area contributed by atoms with Gasteiger partial charge in [0.25, 0.3) is 0 Å². The molecule has 24 heavy (non-hydrogen) atoms. The molecule has 0 saturated heterocycles. The van der Waals surface area contributed by atoms with Crippen LogP contribution < -0.4 is 5.32 Å². The first kappa shape index (κ1) is 16.4. The summed E-state index contributed by atoms with van der Waals surface area (Å²) in [6.07, 6.45) is 3.39. The number of nitrogens with zero attached hydrogens (tertiary/aromatic N) is 2. The van der Waals surface area contributed by atoms with E-state index in [4.69, 9.17) is 0 Å². The summed E-state index contributed by atoms with van der Waals surface area (Å²) < 4.78 is 13.3. The predicted molar refractivity (Wildman–Crippen MR) is 96.0 cm³/mol. The van der Waals surface area contributed by atoms with Crippen LogP contribution in [0.25, 0.3) is 10.9 Å². The zero-order valence-electron chi connectivity index (χ0n) is 13.4. The third-order valence-corrected chi connectivity index (χ3v) is 4.59. The van der Waals surface area contributed by atoms with Crippen LogP contribution in [0.2, 0.25) is 0 Å². The van der Waals surface area contributed by atoms with Crippen molar-refractivity contribution < 1.29 is 9.00 Å². The van der Waals surface area contributed by atoms with Gasteiger partial charge in [0.15, 0.2) is 0 Å². The molecule has 1 heterocycles. The molecule has 1 amide bonds. The molecule has 0 aliphatic rings. The summed E-state index contributed by atoms with van der Waals surface area (Å²) in [6, 6.07) is 17.1. The average molecular weight is 341 g/mol. The molecule has 3 rings (SSSR count). The molecule has 3 aromatic rings. The molecule has 2 unspecified atom stereocenters. The molecule has 0 aliphatic carbocycles. The molecule has 1 aromatic heterocycles. The van der Waals surface area contributed by atoms with Crippen molar-refractivity contribution in [3.63, 3.8) is 0 Å². The number of nitrogens with one attached hydrogen (secondary N) is 1. The fourth-order valence-electron chi connectivity index (χ4n) is 2.67. The van der Waals surface area contributed by atoms with Crippen molar-refractivity contribution >= 4 is 27.6 Å². The minimum absolute atomic E-state index is 0.132. The van der Waals surface area contributed by atoms with Crippen LogP contribution in [0.1, 0.15) is 11.6 Å². The van der Waals surface area contributed by atoms with Gasteiger partial charge in [-0.15, -0.1) is 0 Å². The lowest BCUT2D eigenvalue weighted by Gasteiger charge is -2.18. The highest BCUT2D eigenvalue weighted by molar-refractivity contribution is 7.84. The zero-order chi connectivity index (χ0) is 16.9. The minimum atomic E-state index is -1.01. The van der Waals surface area contributed by atoms with E-state index in [0.29, 0.717) is 5.75 Å². The van der Waals surface area contributed by atoms with E-state index in [1.165, 1.54) is 0 Å². The van der Waals surface area contributed by atoms with Crippen LogP contribution in [0.5, 0.6) is 0 Å². The normalized spacial score (nSPS) is 13.5. The summed E-state index contributed by atoms with van der Waals surface area (Å²) in [5, 5.41) is 8.25. The number of hydrogen-bond donors (Lipinski definition) is 1. The van der Waals surface area contributed by atoms with Gasteiger partial charge < -0.3 is 5.32 Å². The standard InChI is InChI=1S/C18H19N3O2S/c1-24(23)13-16(14-7-3-2-4-8-14)20-18(22)12-21-17-10-6-5-9-15(17)11-19-21/h2-11,16H,12-13H2,1H3,(H,20,22). The number of fused-ring (bicyclic) bond motifs is 1. The Balaban J connectivity index is 1.75. The quantitative estimate of drug-likeness (QED) is 0.748.